The Kier molecular flexibility index (Phi) is 6.32. The molecule has 96 valence electrons. The minimum absolute atomic E-state index is 0.338. The summed E-state index contributed by atoms with van der Waals surface area (Å²) >= 11 is 0. The van der Waals surface area contributed by atoms with Crippen LogP contribution in [0.2, 0.25) is 0 Å². The summed E-state index contributed by atoms with van der Waals surface area (Å²) in [7, 11) is 2.17. The van der Waals surface area contributed by atoms with E-state index in [2.05, 4.69) is 25.8 Å². The number of likely N-dealkylation sites (N-methyl/N-ethyl adjacent to an activating group) is 1. The van der Waals surface area contributed by atoms with Crippen molar-refractivity contribution in [2.45, 2.75) is 51.7 Å². The maximum Gasteiger partial charge on any atom is 0.0596 e. The Labute approximate surface area is 100 Å². The molecule has 3 nitrogen and oxygen atoms in total. The maximum atomic E-state index is 6.15. The summed E-state index contributed by atoms with van der Waals surface area (Å²) in [5.41, 5.74) is 6.15. The average molecular weight is 228 g/mol. The van der Waals surface area contributed by atoms with Gasteiger partial charge in [0.25, 0.3) is 0 Å². The zero-order valence-corrected chi connectivity index (χ0v) is 11.1. The summed E-state index contributed by atoms with van der Waals surface area (Å²) in [6.45, 7) is 7.13. The van der Waals surface area contributed by atoms with Crippen molar-refractivity contribution in [2.75, 3.05) is 26.7 Å². The van der Waals surface area contributed by atoms with Crippen LogP contribution in [0.5, 0.6) is 0 Å². The van der Waals surface area contributed by atoms with Crippen molar-refractivity contribution >= 4 is 0 Å². The summed E-state index contributed by atoms with van der Waals surface area (Å²) < 4.78 is 5.56. The molecule has 1 saturated carbocycles. The summed E-state index contributed by atoms with van der Waals surface area (Å²) in [5, 5.41) is 0. The van der Waals surface area contributed by atoms with Gasteiger partial charge in [0.2, 0.25) is 0 Å². The second kappa shape index (κ2) is 7.25. The van der Waals surface area contributed by atoms with Gasteiger partial charge in [0.15, 0.2) is 0 Å². The molecule has 2 unspecified atom stereocenters. The fourth-order valence-corrected chi connectivity index (χ4v) is 2.40. The monoisotopic (exact) mass is 228 g/mol. The lowest BCUT2D eigenvalue weighted by molar-refractivity contribution is 0.0590. The van der Waals surface area contributed by atoms with Gasteiger partial charge in [0.05, 0.1) is 12.7 Å². The van der Waals surface area contributed by atoms with E-state index in [0.717, 1.165) is 19.7 Å². The third-order valence-electron chi connectivity index (χ3n) is 3.44. The number of nitrogens with two attached hydrogens (primary N) is 1. The Balaban J connectivity index is 2.14. The average Bonchev–Trinajstić information content (AvgIpc) is 2.21. The van der Waals surface area contributed by atoms with E-state index in [4.69, 9.17) is 10.5 Å². The van der Waals surface area contributed by atoms with Crippen LogP contribution in [0.25, 0.3) is 0 Å². The Hall–Kier alpha value is -0.120. The molecule has 0 amide bonds. The molecule has 1 fully saturated rings. The topological polar surface area (TPSA) is 38.5 Å². The molecule has 0 aromatic heterocycles. The fraction of sp³-hybridized carbons (Fsp3) is 1.00. The standard InChI is InChI=1S/C13H28N2O/c1-11(2)16-9-8-15(3)10-12-6-4-5-7-13(12)14/h11-13H,4-10,14H2,1-3H3. The Bertz CT molecular complexity index is 185. The van der Waals surface area contributed by atoms with Crippen molar-refractivity contribution in [1.82, 2.24) is 4.90 Å². The smallest absolute Gasteiger partial charge is 0.0596 e. The lowest BCUT2D eigenvalue weighted by Gasteiger charge is -2.32. The van der Waals surface area contributed by atoms with Gasteiger partial charge >= 0.3 is 0 Å². The second-order valence-electron chi connectivity index (χ2n) is 5.39. The first-order valence-corrected chi connectivity index (χ1v) is 6.65. The summed E-state index contributed by atoms with van der Waals surface area (Å²) in [6.07, 6.45) is 5.52. The largest absolute Gasteiger partial charge is 0.377 e. The minimum Gasteiger partial charge on any atom is -0.377 e. The van der Waals surface area contributed by atoms with Crippen molar-refractivity contribution in [3.63, 3.8) is 0 Å². The Morgan fingerprint density at radius 2 is 2.00 bits per heavy atom. The van der Waals surface area contributed by atoms with E-state index in [0.29, 0.717) is 18.1 Å². The highest BCUT2D eigenvalue weighted by molar-refractivity contribution is 4.79. The first kappa shape index (κ1) is 13.9. The molecule has 0 bridgehead atoms. The van der Waals surface area contributed by atoms with Crippen LogP contribution < -0.4 is 5.73 Å². The molecule has 2 N–H and O–H groups in total. The van der Waals surface area contributed by atoms with E-state index in [1.54, 1.807) is 0 Å². The van der Waals surface area contributed by atoms with E-state index < -0.39 is 0 Å². The van der Waals surface area contributed by atoms with Crippen LogP contribution in [0, 0.1) is 5.92 Å². The SMILES string of the molecule is CC(C)OCCN(C)CC1CCCCC1N. The number of hydrogen-bond acceptors (Lipinski definition) is 3. The van der Waals surface area contributed by atoms with Gasteiger partial charge in [0.1, 0.15) is 0 Å². The van der Waals surface area contributed by atoms with Gasteiger partial charge < -0.3 is 15.4 Å². The molecule has 1 rings (SSSR count). The minimum atomic E-state index is 0.338. The molecule has 2 atom stereocenters. The summed E-state index contributed by atoms with van der Waals surface area (Å²) in [4.78, 5) is 2.36. The predicted molar refractivity (Wildman–Crippen MR) is 68.5 cm³/mol. The maximum absolute atomic E-state index is 6.15. The molecule has 1 aliphatic rings. The predicted octanol–water partition coefficient (Wildman–Crippen LogP) is 1.86. The molecule has 0 heterocycles. The van der Waals surface area contributed by atoms with Gasteiger partial charge in [0, 0.05) is 19.1 Å². The Morgan fingerprint density at radius 1 is 1.31 bits per heavy atom. The molecule has 0 radical (unpaired) electrons. The fourth-order valence-electron chi connectivity index (χ4n) is 2.40. The van der Waals surface area contributed by atoms with Crippen LogP contribution in [-0.2, 0) is 4.74 Å². The highest BCUT2D eigenvalue weighted by atomic mass is 16.5. The Morgan fingerprint density at radius 3 is 2.62 bits per heavy atom. The lowest BCUT2D eigenvalue weighted by atomic mass is 9.85. The van der Waals surface area contributed by atoms with Crippen LogP contribution in [0.4, 0.5) is 0 Å². The quantitative estimate of drug-likeness (QED) is 0.754. The number of nitrogens with zero attached hydrogens (tertiary/aromatic N) is 1. The van der Waals surface area contributed by atoms with E-state index in [1.165, 1.54) is 25.7 Å². The van der Waals surface area contributed by atoms with Crippen LogP contribution >= 0.6 is 0 Å². The third-order valence-corrected chi connectivity index (χ3v) is 3.44. The van der Waals surface area contributed by atoms with Gasteiger partial charge in [-0.3, -0.25) is 0 Å². The van der Waals surface area contributed by atoms with Gasteiger partial charge in [-0.05, 0) is 39.7 Å². The number of hydrogen-bond donors (Lipinski definition) is 1. The van der Waals surface area contributed by atoms with Crippen molar-refractivity contribution < 1.29 is 4.74 Å². The molecule has 0 aromatic carbocycles. The van der Waals surface area contributed by atoms with Crippen molar-refractivity contribution in [3.05, 3.63) is 0 Å². The van der Waals surface area contributed by atoms with Crippen LogP contribution in [0.15, 0.2) is 0 Å². The molecule has 3 heteroatoms. The third kappa shape index (κ3) is 5.28. The molecular weight excluding hydrogens is 200 g/mol. The van der Waals surface area contributed by atoms with Crippen LogP contribution in [0.1, 0.15) is 39.5 Å². The van der Waals surface area contributed by atoms with Crippen molar-refractivity contribution in [2.24, 2.45) is 11.7 Å². The van der Waals surface area contributed by atoms with Crippen molar-refractivity contribution in [3.8, 4) is 0 Å². The zero-order chi connectivity index (χ0) is 12.0. The molecule has 0 spiro atoms. The summed E-state index contributed by atoms with van der Waals surface area (Å²) in [5.74, 6) is 0.692. The highest BCUT2D eigenvalue weighted by Crippen LogP contribution is 2.23. The normalized spacial score (nSPS) is 26.6. The molecule has 1 aliphatic carbocycles. The highest BCUT2D eigenvalue weighted by Gasteiger charge is 2.22. The molecule has 16 heavy (non-hydrogen) atoms. The van der Waals surface area contributed by atoms with Gasteiger partial charge in [-0.25, -0.2) is 0 Å². The van der Waals surface area contributed by atoms with Crippen LogP contribution in [-0.4, -0.2) is 43.8 Å². The van der Waals surface area contributed by atoms with E-state index >= 15 is 0 Å². The van der Waals surface area contributed by atoms with E-state index in [1.807, 2.05) is 0 Å². The summed E-state index contributed by atoms with van der Waals surface area (Å²) in [6, 6.07) is 0.419. The molecule has 0 saturated heterocycles. The number of rotatable bonds is 6. The van der Waals surface area contributed by atoms with Crippen molar-refractivity contribution in [1.29, 1.82) is 0 Å². The number of ether oxygens (including phenoxy) is 1. The van der Waals surface area contributed by atoms with Gasteiger partial charge in [-0.2, -0.15) is 0 Å². The van der Waals surface area contributed by atoms with Gasteiger partial charge in [-0.1, -0.05) is 12.8 Å². The first-order valence-electron chi connectivity index (χ1n) is 6.65. The van der Waals surface area contributed by atoms with E-state index in [-0.39, 0.29) is 0 Å². The van der Waals surface area contributed by atoms with Gasteiger partial charge in [-0.15, -0.1) is 0 Å². The lowest BCUT2D eigenvalue weighted by Crippen LogP contribution is -2.40. The molecule has 0 aliphatic heterocycles. The van der Waals surface area contributed by atoms with Crippen LogP contribution in [0.3, 0.4) is 0 Å². The van der Waals surface area contributed by atoms with E-state index in [9.17, 15) is 0 Å². The first-order chi connectivity index (χ1) is 7.59. The molecular formula is C13H28N2O. The zero-order valence-electron chi connectivity index (χ0n) is 11.1. The molecule has 0 aromatic rings. The second-order valence-corrected chi connectivity index (χ2v) is 5.39.